The number of methoxy groups -OCH3 is 3. The average molecular weight is 526 g/mol. The van der Waals surface area contributed by atoms with Gasteiger partial charge in [0.25, 0.3) is 5.91 Å². The Balaban J connectivity index is 1.84. The highest BCUT2D eigenvalue weighted by Crippen LogP contribution is 2.46. The summed E-state index contributed by atoms with van der Waals surface area (Å²) in [4.78, 5) is 32.1. The highest BCUT2D eigenvalue weighted by molar-refractivity contribution is 6.00. The van der Waals surface area contributed by atoms with Crippen LogP contribution in [0.3, 0.4) is 0 Å². The van der Waals surface area contributed by atoms with Gasteiger partial charge in [-0.25, -0.2) is 0 Å². The highest BCUT2D eigenvalue weighted by atomic mass is 16.5. The average Bonchev–Trinajstić information content (AvgIpc) is 3.50. The van der Waals surface area contributed by atoms with Crippen LogP contribution >= 0.6 is 0 Å². The molecule has 1 heterocycles. The fraction of sp³-hybridized carbons (Fsp3) is 0.517. The molecule has 0 bridgehead atoms. The van der Waals surface area contributed by atoms with Crippen molar-refractivity contribution in [3.8, 4) is 17.2 Å². The van der Waals surface area contributed by atoms with Gasteiger partial charge in [0.15, 0.2) is 11.5 Å². The van der Waals surface area contributed by atoms with Crippen LogP contribution in [0.15, 0.2) is 42.5 Å². The Morgan fingerprint density at radius 2 is 1.63 bits per heavy atom. The first kappa shape index (κ1) is 27.7. The van der Waals surface area contributed by atoms with E-state index in [9.17, 15) is 9.59 Å². The minimum absolute atomic E-state index is 0.109. The molecule has 0 aromatic heterocycles. The third-order valence-electron chi connectivity index (χ3n) is 7.90. The third kappa shape index (κ3) is 5.44. The molecule has 9 nitrogen and oxygen atoms in total. The van der Waals surface area contributed by atoms with E-state index in [0.717, 1.165) is 38.8 Å². The molecule has 0 spiro atoms. The van der Waals surface area contributed by atoms with E-state index >= 15 is 0 Å². The molecule has 2 aromatic rings. The van der Waals surface area contributed by atoms with Gasteiger partial charge >= 0.3 is 0 Å². The van der Waals surface area contributed by atoms with Crippen molar-refractivity contribution in [3.63, 3.8) is 0 Å². The summed E-state index contributed by atoms with van der Waals surface area (Å²) in [6.45, 7) is 3.76. The first-order chi connectivity index (χ1) is 18.4. The molecule has 9 heteroatoms. The lowest BCUT2D eigenvalue weighted by Crippen LogP contribution is -2.62. The number of amides is 2. The smallest absolute Gasteiger partial charge is 0.255 e. The molecular formula is C29H39N3O6. The molecule has 2 amide bonds. The minimum atomic E-state index is -1.32. The Bertz CT molecular complexity index is 1100. The molecular weight excluding hydrogens is 486 g/mol. The third-order valence-corrected chi connectivity index (χ3v) is 7.90. The van der Waals surface area contributed by atoms with Gasteiger partial charge in [-0.05, 0) is 54.7 Å². The van der Waals surface area contributed by atoms with Gasteiger partial charge in [-0.1, -0.05) is 25.0 Å². The summed E-state index contributed by atoms with van der Waals surface area (Å²) in [7, 11) is 4.68. The van der Waals surface area contributed by atoms with Crippen molar-refractivity contribution in [3.05, 3.63) is 53.6 Å². The summed E-state index contributed by atoms with van der Waals surface area (Å²) >= 11 is 0. The van der Waals surface area contributed by atoms with Crippen LogP contribution in [0.1, 0.15) is 41.6 Å². The van der Waals surface area contributed by atoms with E-state index in [1.165, 1.54) is 7.11 Å². The van der Waals surface area contributed by atoms with Gasteiger partial charge in [-0.15, -0.1) is 0 Å². The number of carbonyl (C=O) groups is 2. The fourth-order valence-corrected chi connectivity index (χ4v) is 5.91. The van der Waals surface area contributed by atoms with Crippen molar-refractivity contribution in [2.45, 2.75) is 31.2 Å². The molecule has 38 heavy (non-hydrogen) atoms. The second-order valence-electron chi connectivity index (χ2n) is 9.82. The van der Waals surface area contributed by atoms with Crippen molar-refractivity contribution in [1.29, 1.82) is 0 Å². The predicted molar refractivity (Wildman–Crippen MR) is 144 cm³/mol. The van der Waals surface area contributed by atoms with E-state index < -0.39 is 11.4 Å². The summed E-state index contributed by atoms with van der Waals surface area (Å²) in [6.07, 6.45) is 3.58. The summed E-state index contributed by atoms with van der Waals surface area (Å²) in [5.74, 6) is 0.732. The standard InChI is InChI=1S/C29H39N3O6/c1-35-24-11-9-23(10-12-24)29(28(30)34,22-6-4-5-7-22)32(15-14-31-16-18-38-19-17-31)27(33)21-8-13-25(36-2)26(20-21)37-3/h8-13,20,22H,4-7,14-19H2,1-3H3,(H2,30,34). The molecule has 1 aliphatic carbocycles. The van der Waals surface area contributed by atoms with Crippen LogP contribution in [0.4, 0.5) is 0 Å². The number of nitrogens with zero attached hydrogens (tertiary/aromatic N) is 2. The van der Waals surface area contributed by atoms with Crippen molar-refractivity contribution in [1.82, 2.24) is 9.80 Å². The van der Waals surface area contributed by atoms with Crippen LogP contribution in [0.5, 0.6) is 17.2 Å². The second-order valence-corrected chi connectivity index (χ2v) is 9.82. The van der Waals surface area contributed by atoms with E-state index in [-0.39, 0.29) is 11.8 Å². The van der Waals surface area contributed by atoms with Crippen LogP contribution in [-0.2, 0) is 15.1 Å². The number of hydrogen-bond donors (Lipinski definition) is 1. The molecule has 1 saturated carbocycles. The van der Waals surface area contributed by atoms with Crippen molar-refractivity contribution in [2.75, 3.05) is 60.7 Å². The number of hydrogen-bond acceptors (Lipinski definition) is 7. The Morgan fingerprint density at radius 1 is 0.974 bits per heavy atom. The number of rotatable bonds is 11. The summed E-state index contributed by atoms with van der Waals surface area (Å²) in [5.41, 5.74) is 6.13. The maximum absolute atomic E-state index is 14.4. The van der Waals surface area contributed by atoms with Gasteiger partial charge in [0, 0.05) is 31.7 Å². The number of primary amides is 1. The van der Waals surface area contributed by atoms with Gasteiger partial charge in [-0.3, -0.25) is 14.5 Å². The zero-order chi connectivity index (χ0) is 27.1. The lowest BCUT2D eigenvalue weighted by molar-refractivity contribution is -0.133. The number of nitrogens with two attached hydrogens (primary N) is 1. The van der Waals surface area contributed by atoms with Gasteiger partial charge in [-0.2, -0.15) is 0 Å². The molecule has 2 N–H and O–H groups in total. The highest BCUT2D eigenvalue weighted by Gasteiger charge is 2.53. The first-order valence-corrected chi connectivity index (χ1v) is 13.2. The Kier molecular flexibility index (Phi) is 9.12. The van der Waals surface area contributed by atoms with E-state index in [2.05, 4.69) is 4.90 Å². The summed E-state index contributed by atoms with van der Waals surface area (Å²) in [5, 5.41) is 0. The molecule has 206 valence electrons. The van der Waals surface area contributed by atoms with Crippen molar-refractivity contribution >= 4 is 11.8 Å². The van der Waals surface area contributed by atoms with Crippen LogP contribution in [-0.4, -0.2) is 82.3 Å². The van der Waals surface area contributed by atoms with Crippen LogP contribution in [0.2, 0.25) is 0 Å². The Labute approximate surface area is 224 Å². The quantitative estimate of drug-likeness (QED) is 0.481. The topological polar surface area (TPSA) is 104 Å². The van der Waals surface area contributed by atoms with Gasteiger partial charge < -0.3 is 29.6 Å². The van der Waals surface area contributed by atoms with E-state index in [4.69, 9.17) is 24.7 Å². The number of ether oxygens (including phenoxy) is 4. The summed E-state index contributed by atoms with van der Waals surface area (Å²) in [6, 6.07) is 12.5. The molecule has 0 radical (unpaired) electrons. The number of benzene rings is 2. The lowest BCUT2D eigenvalue weighted by atomic mass is 9.74. The minimum Gasteiger partial charge on any atom is -0.497 e. The van der Waals surface area contributed by atoms with Crippen molar-refractivity contribution < 1.29 is 28.5 Å². The van der Waals surface area contributed by atoms with Gasteiger partial charge in [0.2, 0.25) is 5.91 Å². The van der Waals surface area contributed by atoms with Crippen molar-refractivity contribution in [2.24, 2.45) is 11.7 Å². The zero-order valence-corrected chi connectivity index (χ0v) is 22.6. The van der Waals surface area contributed by atoms with Crippen LogP contribution in [0.25, 0.3) is 0 Å². The molecule has 2 aliphatic rings. The molecule has 1 aliphatic heterocycles. The first-order valence-electron chi connectivity index (χ1n) is 13.2. The molecule has 1 unspecified atom stereocenters. The maximum atomic E-state index is 14.4. The van der Waals surface area contributed by atoms with E-state index in [1.807, 2.05) is 24.3 Å². The van der Waals surface area contributed by atoms with E-state index in [1.54, 1.807) is 37.3 Å². The predicted octanol–water partition coefficient (Wildman–Crippen LogP) is 3.06. The van der Waals surface area contributed by atoms with E-state index in [0.29, 0.717) is 54.7 Å². The number of morpholine rings is 1. The molecule has 1 saturated heterocycles. The Morgan fingerprint density at radius 3 is 2.21 bits per heavy atom. The van der Waals surface area contributed by atoms with Gasteiger partial charge in [0.1, 0.15) is 11.3 Å². The van der Waals surface area contributed by atoms with Gasteiger partial charge in [0.05, 0.1) is 34.5 Å². The molecule has 2 aromatic carbocycles. The molecule has 2 fully saturated rings. The zero-order valence-electron chi connectivity index (χ0n) is 22.6. The monoisotopic (exact) mass is 525 g/mol. The lowest BCUT2D eigenvalue weighted by Gasteiger charge is -2.47. The summed E-state index contributed by atoms with van der Waals surface area (Å²) < 4.78 is 21.8. The normalized spacial score (nSPS) is 18.0. The fourth-order valence-electron chi connectivity index (χ4n) is 5.91. The second kappa shape index (κ2) is 12.5. The van der Waals surface area contributed by atoms with Crippen LogP contribution < -0.4 is 19.9 Å². The molecule has 1 atom stereocenters. The SMILES string of the molecule is COc1ccc(C(C(N)=O)(C2CCCC2)N(CCN2CCOCC2)C(=O)c2ccc(OC)c(OC)c2)cc1. The molecule has 4 rings (SSSR count). The Hall–Kier alpha value is -3.30. The maximum Gasteiger partial charge on any atom is 0.255 e. The number of carbonyl (C=O) groups excluding carboxylic acids is 2. The largest absolute Gasteiger partial charge is 0.497 e. The van der Waals surface area contributed by atoms with Crippen LogP contribution in [0, 0.1) is 5.92 Å².